The third-order valence-corrected chi connectivity index (χ3v) is 2.39. The molecule has 1 aliphatic heterocycles. The maximum Gasteiger partial charge on any atom is 0.172 e. The highest BCUT2D eigenvalue weighted by Crippen LogP contribution is 2.30. The standard InChI is InChI=1S/C11H7ClN3O/c1-16-11-3-2-7(12)4-8(11)9-6-14-15-10(9)5-13/h2-4,6H,1H3. The van der Waals surface area contributed by atoms with Crippen molar-refractivity contribution in [2.75, 3.05) is 7.11 Å². The Balaban J connectivity index is 2.53. The Kier molecular flexibility index (Phi) is 2.80. The number of hydrogen-bond acceptors (Lipinski definition) is 3. The molecular formula is C11H7ClN3O. The van der Waals surface area contributed by atoms with E-state index in [-0.39, 0.29) is 5.71 Å². The number of nitriles is 1. The van der Waals surface area contributed by atoms with Crippen molar-refractivity contribution in [2.24, 2.45) is 5.10 Å². The third-order valence-electron chi connectivity index (χ3n) is 2.16. The number of ether oxygens (including phenoxy) is 1. The first-order chi connectivity index (χ1) is 7.76. The van der Waals surface area contributed by atoms with Gasteiger partial charge in [-0.05, 0) is 18.2 Å². The zero-order valence-electron chi connectivity index (χ0n) is 8.44. The molecule has 2 rings (SSSR count). The van der Waals surface area contributed by atoms with Crippen LogP contribution in [0.2, 0.25) is 5.02 Å². The van der Waals surface area contributed by atoms with Crippen LogP contribution >= 0.6 is 11.6 Å². The van der Waals surface area contributed by atoms with E-state index in [1.54, 1.807) is 25.3 Å². The van der Waals surface area contributed by atoms with Gasteiger partial charge in [-0.1, -0.05) is 11.6 Å². The molecule has 0 bridgehead atoms. The van der Waals surface area contributed by atoms with Gasteiger partial charge in [0.15, 0.2) is 5.71 Å². The van der Waals surface area contributed by atoms with E-state index in [1.807, 2.05) is 6.07 Å². The lowest BCUT2D eigenvalue weighted by Gasteiger charge is -2.08. The van der Waals surface area contributed by atoms with E-state index in [9.17, 15) is 0 Å². The van der Waals surface area contributed by atoms with Gasteiger partial charge in [0.25, 0.3) is 0 Å². The lowest BCUT2D eigenvalue weighted by atomic mass is 10.0. The number of hydrogen-bond donors (Lipinski definition) is 0. The molecule has 1 aliphatic rings. The van der Waals surface area contributed by atoms with Gasteiger partial charge in [0.05, 0.1) is 13.3 Å². The van der Waals surface area contributed by atoms with Gasteiger partial charge in [-0.15, -0.1) is 5.10 Å². The second kappa shape index (κ2) is 4.25. The van der Waals surface area contributed by atoms with E-state index in [4.69, 9.17) is 21.6 Å². The molecule has 4 nitrogen and oxygen atoms in total. The van der Waals surface area contributed by atoms with E-state index >= 15 is 0 Å². The number of nitrogens with zero attached hydrogens (tertiary/aromatic N) is 3. The maximum absolute atomic E-state index is 8.88. The van der Waals surface area contributed by atoms with Crippen LogP contribution in [0.1, 0.15) is 5.56 Å². The lowest BCUT2D eigenvalue weighted by Crippen LogP contribution is -1.98. The minimum atomic E-state index is 0.264. The summed E-state index contributed by atoms with van der Waals surface area (Å²) in [6, 6.07) is 7.16. The van der Waals surface area contributed by atoms with Crippen LogP contribution in [-0.2, 0) is 0 Å². The molecule has 0 aliphatic carbocycles. The lowest BCUT2D eigenvalue weighted by molar-refractivity contribution is 0.413. The van der Waals surface area contributed by atoms with Crippen LogP contribution < -0.4 is 10.2 Å². The number of methoxy groups -OCH3 is 1. The van der Waals surface area contributed by atoms with Gasteiger partial charge in [0.1, 0.15) is 11.8 Å². The highest BCUT2D eigenvalue weighted by atomic mass is 35.5. The molecule has 1 aromatic rings. The average Bonchev–Trinajstić information content (AvgIpc) is 2.76. The van der Waals surface area contributed by atoms with Crippen LogP contribution in [-0.4, -0.2) is 12.8 Å². The fraction of sp³-hybridized carbons (Fsp3) is 0.0909. The van der Waals surface area contributed by atoms with Gasteiger partial charge in [-0.3, -0.25) is 0 Å². The Morgan fingerprint density at radius 3 is 2.94 bits per heavy atom. The van der Waals surface area contributed by atoms with Crippen LogP contribution in [0.5, 0.6) is 5.75 Å². The van der Waals surface area contributed by atoms with Crippen LogP contribution in [0.4, 0.5) is 0 Å². The highest BCUT2D eigenvalue weighted by molar-refractivity contribution is 6.34. The summed E-state index contributed by atoms with van der Waals surface area (Å²) >= 11 is 5.91. The molecule has 5 heteroatoms. The minimum Gasteiger partial charge on any atom is -0.496 e. The van der Waals surface area contributed by atoms with Crippen LogP contribution in [0, 0.1) is 11.3 Å². The molecule has 1 heterocycles. The van der Waals surface area contributed by atoms with Gasteiger partial charge >= 0.3 is 0 Å². The molecule has 0 spiro atoms. The van der Waals surface area contributed by atoms with E-state index < -0.39 is 0 Å². The summed E-state index contributed by atoms with van der Waals surface area (Å²) in [4.78, 5) is 0. The van der Waals surface area contributed by atoms with Crippen molar-refractivity contribution in [1.29, 1.82) is 5.26 Å². The Morgan fingerprint density at radius 2 is 2.25 bits per heavy atom. The normalized spacial score (nSPS) is 13.6. The van der Waals surface area contributed by atoms with Crippen molar-refractivity contribution in [1.82, 2.24) is 5.43 Å². The van der Waals surface area contributed by atoms with Crippen molar-refractivity contribution < 1.29 is 4.74 Å². The van der Waals surface area contributed by atoms with Crippen molar-refractivity contribution in [3.8, 4) is 11.8 Å². The molecule has 79 valence electrons. The Morgan fingerprint density at radius 1 is 1.44 bits per heavy atom. The highest BCUT2D eigenvalue weighted by Gasteiger charge is 2.18. The van der Waals surface area contributed by atoms with Gasteiger partial charge in [-0.25, -0.2) is 0 Å². The summed E-state index contributed by atoms with van der Waals surface area (Å²) in [6.07, 6.45) is 1.52. The van der Waals surface area contributed by atoms with Gasteiger partial charge < -0.3 is 4.74 Å². The van der Waals surface area contributed by atoms with E-state index in [0.29, 0.717) is 16.3 Å². The number of rotatable bonds is 2. The number of benzene rings is 1. The molecule has 0 unspecified atom stereocenters. The zero-order chi connectivity index (χ0) is 11.5. The molecule has 0 saturated carbocycles. The fourth-order valence-electron chi connectivity index (χ4n) is 1.43. The zero-order valence-corrected chi connectivity index (χ0v) is 9.19. The van der Waals surface area contributed by atoms with Crippen LogP contribution in [0.25, 0.3) is 5.57 Å². The summed E-state index contributed by atoms with van der Waals surface area (Å²) < 4.78 is 5.20. The SMILES string of the molecule is COc1ccc(Cl)cc1C1=C[N]N=C1C#N. The van der Waals surface area contributed by atoms with Gasteiger partial charge in [0.2, 0.25) is 0 Å². The average molecular weight is 233 g/mol. The summed E-state index contributed by atoms with van der Waals surface area (Å²) in [5.74, 6) is 0.635. The molecule has 1 radical (unpaired) electrons. The second-order valence-electron chi connectivity index (χ2n) is 3.06. The van der Waals surface area contributed by atoms with Crippen molar-refractivity contribution in [3.63, 3.8) is 0 Å². The van der Waals surface area contributed by atoms with Crippen molar-refractivity contribution >= 4 is 22.9 Å². The molecular weight excluding hydrogens is 226 g/mol. The first-order valence-electron chi connectivity index (χ1n) is 4.48. The molecule has 0 aromatic heterocycles. The monoisotopic (exact) mass is 232 g/mol. The van der Waals surface area contributed by atoms with Crippen LogP contribution in [0.15, 0.2) is 29.5 Å². The summed E-state index contributed by atoms with van der Waals surface area (Å²) in [5, 5.41) is 13.2. The van der Waals surface area contributed by atoms with Gasteiger partial charge in [0, 0.05) is 16.2 Å². The Bertz CT molecular complexity index is 529. The fourth-order valence-corrected chi connectivity index (χ4v) is 1.60. The number of halogens is 1. The molecule has 1 aromatic carbocycles. The third kappa shape index (κ3) is 1.73. The van der Waals surface area contributed by atoms with Crippen molar-refractivity contribution in [3.05, 3.63) is 35.0 Å². The molecule has 16 heavy (non-hydrogen) atoms. The first kappa shape index (κ1) is 10.5. The summed E-state index contributed by atoms with van der Waals surface area (Å²) in [5.41, 5.74) is 5.31. The number of allylic oxidation sites excluding steroid dienone is 1. The van der Waals surface area contributed by atoms with E-state index in [2.05, 4.69) is 10.5 Å². The predicted octanol–water partition coefficient (Wildman–Crippen LogP) is 2.19. The smallest absolute Gasteiger partial charge is 0.172 e. The predicted molar refractivity (Wildman–Crippen MR) is 61.2 cm³/mol. The quantitative estimate of drug-likeness (QED) is 0.785. The first-order valence-corrected chi connectivity index (χ1v) is 4.86. The minimum absolute atomic E-state index is 0.264. The maximum atomic E-state index is 8.88. The second-order valence-corrected chi connectivity index (χ2v) is 3.50. The topological polar surface area (TPSA) is 59.5 Å². The summed E-state index contributed by atoms with van der Waals surface area (Å²) in [6.45, 7) is 0. The van der Waals surface area contributed by atoms with Gasteiger partial charge in [-0.2, -0.15) is 10.7 Å². The van der Waals surface area contributed by atoms with Crippen molar-refractivity contribution in [2.45, 2.75) is 0 Å². The largest absolute Gasteiger partial charge is 0.496 e. The van der Waals surface area contributed by atoms with Crippen LogP contribution in [0.3, 0.4) is 0 Å². The summed E-state index contributed by atoms with van der Waals surface area (Å²) in [7, 11) is 1.56. The molecule has 0 amide bonds. The molecule has 0 saturated heterocycles. The molecule has 0 fully saturated rings. The molecule has 0 N–H and O–H groups in total. The molecule has 0 atom stereocenters. The Labute approximate surface area is 97.8 Å². The Hall–Kier alpha value is -1.99. The van der Waals surface area contributed by atoms with E-state index in [0.717, 1.165) is 5.56 Å². The van der Waals surface area contributed by atoms with E-state index in [1.165, 1.54) is 6.20 Å².